The van der Waals surface area contributed by atoms with Gasteiger partial charge >= 0.3 is 15.6 Å². The van der Waals surface area contributed by atoms with Gasteiger partial charge in [0.2, 0.25) is 5.88 Å². The molecule has 0 unspecified atom stereocenters. The van der Waals surface area contributed by atoms with Crippen molar-refractivity contribution in [3.63, 3.8) is 0 Å². The molecule has 1 aromatic heterocycles. The fourth-order valence-corrected chi connectivity index (χ4v) is 2.26. The minimum absolute atomic E-state index is 0.212. The van der Waals surface area contributed by atoms with E-state index in [0.717, 1.165) is 16.7 Å². The number of benzene rings is 1. The Hall–Kier alpha value is -1.81. The van der Waals surface area contributed by atoms with Crippen LogP contribution in [-0.2, 0) is 10.1 Å². The molecule has 1 aromatic carbocycles. The van der Waals surface area contributed by atoms with Gasteiger partial charge < -0.3 is 9.50 Å². The molecule has 2 aromatic rings. The molecule has 0 saturated carbocycles. The summed E-state index contributed by atoms with van der Waals surface area (Å²) in [6.45, 7) is 0. The third-order valence-corrected chi connectivity index (χ3v) is 3.68. The van der Waals surface area contributed by atoms with Crippen molar-refractivity contribution in [1.82, 2.24) is 4.98 Å². The molecule has 0 bridgehead atoms. The lowest BCUT2D eigenvalue weighted by Gasteiger charge is -2.06. The molecule has 0 atom stereocenters. The topological polar surface area (TPSA) is 68.3 Å². The number of hydrogen-bond acceptors (Lipinski definition) is 6. The number of hydrogen-bond donors (Lipinski definition) is 1. The van der Waals surface area contributed by atoms with E-state index in [1.165, 1.54) is 0 Å². The van der Waals surface area contributed by atoms with Gasteiger partial charge in [0.15, 0.2) is 5.13 Å². The Morgan fingerprint density at radius 2 is 1.85 bits per heavy atom. The number of aromatic nitrogens is 1. The molecule has 10 heteroatoms. The van der Waals surface area contributed by atoms with E-state index in [0.29, 0.717) is 5.69 Å². The van der Waals surface area contributed by atoms with E-state index in [-0.39, 0.29) is 5.13 Å². The van der Waals surface area contributed by atoms with Crippen LogP contribution in [0.5, 0.6) is 5.88 Å². The van der Waals surface area contributed by atoms with Gasteiger partial charge in [0.05, 0.1) is 5.38 Å². The monoisotopic (exact) mass is 324 g/mol. The molecule has 108 valence electrons. The predicted molar refractivity (Wildman–Crippen MR) is 67.4 cm³/mol. The Labute approximate surface area is 116 Å². The van der Waals surface area contributed by atoms with Gasteiger partial charge in [-0.25, -0.2) is 0 Å². The number of thiazole rings is 1. The lowest BCUT2D eigenvalue weighted by Crippen LogP contribution is -2.28. The van der Waals surface area contributed by atoms with Crippen LogP contribution in [0.1, 0.15) is 0 Å². The smallest absolute Gasteiger partial charge is 0.354 e. The second-order valence-corrected chi connectivity index (χ2v) is 5.86. The summed E-state index contributed by atoms with van der Waals surface area (Å²) in [6.07, 6.45) is 0. The van der Waals surface area contributed by atoms with Crippen LogP contribution in [0.2, 0.25) is 0 Å². The molecule has 1 heterocycles. The molecule has 0 aliphatic rings. The number of anilines is 2. The van der Waals surface area contributed by atoms with Crippen LogP contribution in [0.3, 0.4) is 0 Å². The fourth-order valence-electron chi connectivity index (χ4n) is 1.16. The van der Waals surface area contributed by atoms with Crippen LogP contribution in [-0.4, -0.2) is 18.9 Å². The summed E-state index contributed by atoms with van der Waals surface area (Å²) in [4.78, 5) is 3.61. The zero-order valence-electron chi connectivity index (χ0n) is 9.59. The Balaban J connectivity index is 2.11. The zero-order chi connectivity index (χ0) is 14.8. The molecule has 2 rings (SSSR count). The first-order valence-electron chi connectivity index (χ1n) is 5.06. The van der Waals surface area contributed by atoms with E-state index in [9.17, 15) is 21.6 Å². The van der Waals surface area contributed by atoms with Crippen LogP contribution in [0.25, 0.3) is 0 Å². The van der Waals surface area contributed by atoms with Crippen LogP contribution >= 0.6 is 11.3 Å². The highest BCUT2D eigenvalue weighted by Crippen LogP contribution is 2.30. The van der Waals surface area contributed by atoms with Crippen LogP contribution in [0.4, 0.5) is 24.0 Å². The average Bonchev–Trinajstić information content (AvgIpc) is 2.75. The Morgan fingerprint density at radius 3 is 2.45 bits per heavy atom. The summed E-state index contributed by atoms with van der Waals surface area (Å²) < 4.78 is 61.8. The maximum atomic E-state index is 12.1. The highest BCUT2D eigenvalue weighted by molar-refractivity contribution is 7.88. The second kappa shape index (κ2) is 5.29. The van der Waals surface area contributed by atoms with Crippen molar-refractivity contribution in [1.29, 1.82) is 0 Å². The van der Waals surface area contributed by atoms with Crippen molar-refractivity contribution in [2.45, 2.75) is 5.51 Å². The van der Waals surface area contributed by atoms with E-state index in [4.69, 9.17) is 0 Å². The number of alkyl halides is 3. The van der Waals surface area contributed by atoms with E-state index in [1.54, 1.807) is 30.3 Å². The summed E-state index contributed by atoms with van der Waals surface area (Å²) >= 11 is 0.917. The first-order valence-corrected chi connectivity index (χ1v) is 7.35. The largest absolute Gasteiger partial charge is 0.534 e. The molecule has 0 saturated heterocycles. The van der Waals surface area contributed by atoms with E-state index >= 15 is 0 Å². The quantitative estimate of drug-likeness (QED) is 0.691. The third kappa shape index (κ3) is 3.39. The van der Waals surface area contributed by atoms with Crippen molar-refractivity contribution in [2.24, 2.45) is 0 Å². The van der Waals surface area contributed by atoms with Gasteiger partial charge in [-0.2, -0.15) is 26.6 Å². The minimum Gasteiger partial charge on any atom is -0.354 e. The number of para-hydroxylation sites is 1. The molecule has 5 nitrogen and oxygen atoms in total. The minimum atomic E-state index is -5.69. The van der Waals surface area contributed by atoms with E-state index in [1.807, 2.05) is 0 Å². The standard InChI is InChI=1S/C10H7F3N2O3S2/c11-10(12,13)20(16,17)18-8-6-19-9(15-8)14-7-4-2-1-3-5-7/h1-6H,(H,14,15). The second-order valence-electron chi connectivity index (χ2n) is 3.47. The summed E-state index contributed by atoms with van der Waals surface area (Å²) in [5.74, 6) is -0.634. The molecule has 0 fully saturated rings. The number of nitrogens with one attached hydrogen (secondary N) is 1. The molecular formula is C10H7F3N2O3S2. The van der Waals surface area contributed by atoms with Crippen LogP contribution in [0.15, 0.2) is 35.7 Å². The summed E-state index contributed by atoms with van der Waals surface area (Å²) in [6, 6.07) is 8.73. The van der Waals surface area contributed by atoms with Crippen LogP contribution in [0, 0.1) is 0 Å². The fraction of sp³-hybridized carbons (Fsp3) is 0.100. The lowest BCUT2D eigenvalue weighted by molar-refractivity contribution is -0.0501. The van der Waals surface area contributed by atoms with Gasteiger partial charge in [0, 0.05) is 5.69 Å². The SMILES string of the molecule is O=S(=O)(Oc1csc(Nc2ccccc2)n1)C(F)(F)F. The average molecular weight is 324 g/mol. The number of rotatable bonds is 4. The third-order valence-electron chi connectivity index (χ3n) is 1.99. The molecule has 0 spiro atoms. The molecule has 20 heavy (non-hydrogen) atoms. The van der Waals surface area contributed by atoms with Crippen molar-refractivity contribution < 1.29 is 25.8 Å². The maximum absolute atomic E-state index is 12.1. The van der Waals surface area contributed by atoms with Gasteiger partial charge in [-0.3, -0.25) is 0 Å². The first kappa shape index (κ1) is 14.6. The van der Waals surface area contributed by atoms with Crippen molar-refractivity contribution >= 4 is 32.3 Å². The number of halogens is 3. The van der Waals surface area contributed by atoms with Gasteiger partial charge in [-0.05, 0) is 12.1 Å². The highest BCUT2D eigenvalue weighted by atomic mass is 32.2. The lowest BCUT2D eigenvalue weighted by atomic mass is 10.3. The zero-order valence-corrected chi connectivity index (χ0v) is 11.2. The van der Waals surface area contributed by atoms with Gasteiger partial charge in [0.25, 0.3) is 0 Å². The molecule has 1 N–H and O–H groups in total. The maximum Gasteiger partial charge on any atom is 0.534 e. The van der Waals surface area contributed by atoms with E-state index in [2.05, 4.69) is 14.5 Å². The number of nitrogens with zero attached hydrogens (tertiary/aromatic N) is 1. The predicted octanol–water partition coefficient (Wildman–Crippen LogP) is 3.12. The van der Waals surface area contributed by atoms with Crippen molar-refractivity contribution in [2.75, 3.05) is 5.32 Å². The molecule has 0 amide bonds. The molecular weight excluding hydrogens is 317 g/mol. The van der Waals surface area contributed by atoms with Crippen molar-refractivity contribution in [3.8, 4) is 5.88 Å². The normalized spacial score (nSPS) is 12.2. The van der Waals surface area contributed by atoms with E-state index < -0.39 is 21.5 Å². The molecule has 0 aliphatic carbocycles. The molecule has 0 radical (unpaired) electrons. The molecule has 0 aliphatic heterocycles. The summed E-state index contributed by atoms with van der Waals surface area (Å²) in [7, 11) is -5.69. The van der Waals surface area contributed by atoms with Gasteiger partial charge in [-0.15, -0.1) is 11.3 Å². The van der Waals surface area contributed by atoms with Gasteiger partial charge in [0.1, 0.15) is 0 Å². The Morgan fingerprint density at radius 1 is 1.20 bits per heavy atom. The van der Waals surface area contributed by atoms with Gasteiger partial charge in [-0.1, -0.05) is 18.2 Å². The summed E-state index contributed by atoms with van der Waals surface area (Å²) in [5.41, 5.74) is -4.82. The Kier molecular flexibility index (Phi) is 3.86. The first-order chi connectivity index (χ1) is 9.28. The van der Waals surface area contributed by atoms with Crippen molar-refractivity contribution in [3.05, 3.63) is 35.7 Å². The summed E-state index contributed by atoms with van der Waals surface area (Å²) in [5, 5.41) is 4.08. The highest BCUT2D eigenvalue weighted by Gasteiger charge is 2.49. The Bertz CT molecular complexity index is 683. The van der Waals surface area contributed by atoms with Crippen LogP contribution < -0.4 is 9.50 Å².